The van der Waals surface area contributed by atoms with Crippen LogP contribution in [-0.4, -0.2) is 36.6 Å². The second-order valence-electron chi connectivity index (χ2n) is 9.88. The van der Waals surface area contributed by atoms with E-state index in [4.69, 9.17) is 4.42 Å². The Morgan fingerprint density at radius 1 is 1.05 bits per heavy atom. The van der Waals surface area contributed by atoms with Gasteiger partial charge in [-0.15, -0.1) is 5.10 Å². The van der Waals surface area contributed by atoms with Crippen LogP contribution in [0.3, 0.4) is 0 Å². The minimum atomic E-state index is -0.110. The third-order valence-corrected chi connectivity index (χ3v) is 6.72. The van der Waals surface area contributed by atoms with Gasteiger partial charge in [-0.2, -0.15) is 0 Å². The summed E-state index contributed by atoms with van der Waals surface area (Å²) in [5.74, 6) is 1.74. The predicted octanol–water partition coefficient (Wildman–Crippen LogP) is 4.91. The first-order chi connectivity index (χ1) is 18.0. The van der Waals surface area contributed by atoms with Crippen molar-refractivity contribution < 1.29 is 4.42 Å². The first-order valence-electron chi connectivity index (χ1n) is 12.7. The van der Waals surface area contributed by atoms with Crippen LogP contribution < -0.4 is 5.56 Å². The summed E-state index contributed by atoms with van der Waals surface area (Å²) in [6.07, 6.45) is 2.49. The number of furan rings is 1. The molecule has 2 aromatic carbocycles. The lowest BCUT2D eigenvalue weighted by Crippen LogP contribution is -2.37. The second-order valence-corrected chi connectivity index (χ2v) is 9.88. The molecule has 8 heteroatoms. The highest BCUT2D eigenvalue weighted by Gasteiger charge is 2.30. The average molecular weight is 497 g/mol. The van der Waals surface area contributed by atoms with Gasteiger partial charge in [0.2, 0.25) is 0 Å². The van der Waals surface area contributed by atoms with Crippen molar-refractivity contribution in [2.75, 3.05) is 6.54 Å². The highest BCUT2D eigenvalue weighted by atomic mass is 16.3. The summed E-state index contributed by atoms with van der Waals surface area (Å²) in [4.78, 5) is 18.5. The number of fused-ring (bicyclic) bond motifs is 1. The molecule has 0 aliphatic carbocycles. The van der Waals surface area contributed by atoms with Gasteiger partial charge in [-0.1, -0.05) is 55.8 Å². The zero-order valence-corrected chi connectivity index (χ0v) is 21.5. The van der Waals surface area contributed by atoms with E-state index in [2.05, 4.69) is 76.5 Å². The number of aromatic amines is 1. The summed E-state index contributed by atoms with van der Waals surface area (Å²) in [5.41, 5.74) is 3.90. The molecular formula is C29H32N6O2. The van der Waals surface area contributed by atoms with E-state index in [0.717, 1.165) is 46.6 Å². The molecule has 0 saturated heterocycles. The summed E-state index contributed by atoms with van der Waals surface area (Å²) < 4.78 is 7.35. The van der Waals surface area contributed by atoms with Crippen LogP contribution in [-0.2, 0) is 19.5 Å². The molecule has 0 spiro atoms. The maximum absolute atomic E-state index is 13.1. The molecule has 0 radical (unpaired) electrons. The quantitative estimate of drug-likeness (QED) is 0.295. The highest BCUT2D eigenvalue weighted by Crippen LogP contribution is 2.29. The molecule has 37 heavy (non-hydrogen) atoms. The van der Waals surface area contributed by atoms with Crippen molar-refractivity contribution in [3.05, 3.63) is 112 Å². The Balaban J connectivity index is 1.52. The van der Waals surface area contributed by atoms with Gasteiger partial charge in [-0.3, -0.25) is 9.69 Å². The van der Waals surface area contributed by atoms with Gasteiger partial charge >= 0.3 is 0 Å². The molecule has 0 aliphatic rings. The van der Waals surface area contributed by atoms with E-state index in [1.54, 1.807) is 10.9 Å². The van der Waals surface area contributed by atoms with Crippen LogP contribution in [0.25, 0.3) is 10.9 Å². The Kier molecular flexibility index (Phi) is 7.28. The fourth-order valence-electron chi connectivity index (χ4n) is 4.91. The number of H-pyrrole nitrogens is 1. The van der Waals surface area contributed by atoms with Crippen molar-refractivity contribution >= 4 is 10.9 Å². The van der Waals surface area contributed by atoms with Crippen molar-refractivity contribution in [2.24, 2.45) is 5.92 Å². The average Bonchev–Trinajstić information content (AvgIpc) is 3.56. The van der Waals surface area contributed by atoms with Crippen LogP contribution in [0.15, 0.2) is 82.2 Å². The SMILES string of the molecule is Cc1ccc2[nH]c(=O)c(CN(CCc3ccccc3)[C@H](c3nnnn3Cc3ccco3)C(C)C)cc2c1. The summed E-state index contributed by atoms with van der Waals surface area (Å²) in [5, 5.41) is 13.8. The molecule has 0 fully saturated rings. The Labute approximate surface area is 215 Å². The number of pyridine rings is 1. The molecule has 5 rings (SSSR count). The van der Waals surface area contributed by atoms with Crippen LogP contribution in [0.1, 0.15) is 48.2 Å². The first-order valence-corrected chi connectivity index (χ1v) is 12.7. The number of nitrogens with one attached hydrogen (secondary N) is 1. The van der Waals surface area contributed by atoms with Crippen molar-refractivity contribution in [3.63, 3.8) is 0 Å². The van der Waals surface area contributed by atoms with Gasteiger partial charge in [0.1, 0.15) is 12.3 Å². The highest BCUT2D eigenvalue weighted by molar-refractivity contribution is 5.79. The van der Waals surface area contributed by atoms with Gasteiger partial charge in [-0.05, 0) is 71.0 Å². The number of rotatable bonds is 10. The number of nitrogens with zero attached hydrogens (tertiary/aromatic N) is 5. The monoisotopic (exact) mass is 496 g/mol. The fraction of sp³-hybridized carbons (Fsp3) is 0.310. The van der Waals surface area contributed by atoms with Crippen LogP contribution in [0.5, 0.6) is 0 Å². The molecule has 3 heterocycles. The third-order valence-electron chi connectivity index (χ3n) is 6.72. The van der Waals surface area contributed by atoms with Crippen molar-refractivity contribution in [1.29, 1.82) is 0 Å². The van der Waals surface area contributed by atoms with Gasteiger partial charge in [0.05, 0.1) is 12.3 Å². The van der Waals surface area contributed by atoms with Gasteiger partial charge < -0.3 is 9.40 Å². The molecule has 190 valence electrons. The second kappa shape index (κ2) is 10.9. The lowest BCUT2D eigenvalue weighted by molar-refractivity contribution is 0.135. The first kappa shape index (κ1) is 24.6. The Bertz CT molecular complexity index is 1500. The van der Waals surface area contributed by atoms with Gasteiger partial charge in [-0.25, -0.2) is 4.68 Å². The van der Waals surface area contributed by atoms with Crippen LogP contribution in [0.2, 0.25) is 0 Å². The number of hydrogen-bond acceptors (Lipinski definition) is 6. The molecular weight excluding hydrogens is 464 g/mol. The molecule has 1 atom stereocenters. The maximum Gasteiger partial charge on any atom is 0.252 e. The normalized spacial score (nSPS) is 12.6. The zero-order chi connectivity index (χ0) is 25.8. The van der Waals surface area contributed by atoms with Crippen molar-refractivity contribution in [1.82, 2.24) is 30.1 Å². The molecule has 0 unspecified atom stereocenters. The molecule has 0 amide bonds. The Morgan fingerprint density at radius 3 is 2.65 bits per heavy atom. The summed E-state index contributed by atoms with van der Waals surface area (Å²) in [6.45, 7) is 8.05. The lowest BCUT2D eigenvalue weighted by Gasteiger charge is -2.33. The minimum absolute atomic E-state index is 0.0706. The van der Waals surface area contributed by atoms with E-state index >= 15 is 0 Å². The fourth-order valence-corrected chi connectivity index (χ4v) is 4.91. The molecule has 0 bridgehead atoms. The van der Waals surface area contributed by atoms with Crippen LogP contribution in [0, 0.1) is 12.8 Å². The predicted molar refractivity (Wildman–Crippen MR) is 143 cm³/mol. The summed E-state index contributed by atoms with van der Waals surface area (Å²) >= 11 is 0. The summed E-state index contributed by atoms with van der Waals surface area (Å²) in [6, 6.07) is 22.2. The van der Waals surface area contributed by atoms with E-state index in [9.17, 15) is 4.79 Å². The summed E-state index contributed by atoms with van der Waals surface area (Å²) in [7, 11) is 0. The molecule has 3 aromatic heterocycles. The minimum Gasteiger partial charge on any atom is -0.467 e. The van der Waals surface area contributed by atoms with E-state index < -0.39 is 0 Å². The molecule has 5 aromatic rings. The van der Waals surface area contributed by atoms with Gasteiger partial charge in [0, 0.05) is 24.2 Å². The van der Waals surface area contributed by atoms with Gasteiger partial charge in [0.15, 0.2) is 5.82 Å². The number of hydrogen-bond donors (Lipinski definition) is 1. The maximum atomic E-state index is 13.1. The van der Waals surface area contributed by atoms with E-state index in [1.165, 1.54) is 5.56 Å². The molecule has 1 N–H and O–H groups in total. The molecule has 0 aliphatic heterocycles. The third kappa shape index (κ3) is 5.70. The number of aromatic nitrogens is 5. The van der Waals surface area contributed by atoms with E-state index in [1.807, 2.05) is 36.4 Å². The topological polar surface area (TPSA) is 92.8 Å². The zero-order valence-electron chi connectivity index (χ0n) is 21.5. The van der Waals surface area contributed by atoms with Crippen LogP contribution >= 0.6 is 0 Å². The smallest absolute Gasteiger partial charge is 0.252 e. The van der Waals surface area contributed by atoms with Gasteiger partial charge in [0.25, 0.3) is 5.56 Å². The Morgan fingerprint density at radius 2 is 1.89 bits per heavy atom. The Hall–Kier alpha value is -4.04. The van der Waals surface area contributed by atoms with E-state index in [0.29, 0.717) is 13.1 Å². The molecule has 0 saturated carbocycles. The van der Waals surface area contributed by atoms with Crippen LogP contribution in [0.4, 0.5) is 0 Å². The van der Waals surface area contributed by atoms with Crippen molar-refractivity contribution in [3.8, 4) is 0 Å². The largest absolute Gasteiger partial charge is 0.467 e. The molecule has 8 nitrogen and oxygen atoms in total. The number of aryl methyl sites for hydroxylation is 1. The standard InChI is InChI=1S/C29H32N6O2/c1-20(2)27(28-31-32-33-35(28)19-25-10-7-15-37-25)34(14-13-22-8-5-4-6-9-22)18-24-17-23-16-21(3)11-12-26(23)30-29(24)36/h4-12,15-17,20,27H,13-14,18-19H2,1-3H3,(H,30,36)/t27-/m0/s1. The lowest BCUT2D eigenvalue weighted by atomic mass is 9.99. The van der Waals surface area contributed by atoms with Crippen molar-refractivity contribution in [2.45, 2.75) is 46.3 Å². The van der Waals surface area contributed by atoms with E-state index in [-0.39, 0.29) is 17.5 Å². The number of tetrazole rings is 1. The number of benzene rings is 2.